The highest BCUT2D eigenvalue weighted by molar-refractivity contribution is 7.18. The number of halogens is 3. The zero-order valence-corrected chi connectivity index (χ0v) is 24.7. The van der Waals surface area contributed by atoms with E-state index in [1.807, 2.05) is 6.07 Å². The molecule has 3 N–H and O–H groups in total. The van der Waals surface area contributed by atoms with Gasteiger partial charge in [0, 0.05) is 40.9 Å². The quantitative estimate of drug-likeness (QED) is 0.292. The standard InChI is InChI=1S/C28H37F3N6O4S/c1-39-24-11-20(36-37-25(24)40-2)16-6-4-15(5-7-16)13-32-17-8-21(23(38)9-17)33-14-22-19-10-18(12-28(29,30)31)42-26(19)35-27(34-22)41-3/h10-11,15-17,21,23,32-33,38H,4-9,12-14H2,1-3H3/t15?,16?,17-,21+,23-/m1/s1. The highest BCUT2D eigenvalue weighted by Gasteiger charge is 2.34. The van der Waals surface area contributed by atoms with Crippen molar-refractivity contribution in [1.29, 1.82) is 0 Å². The summed E-state index contributed by atoms with van der Waals surface area (Å²) in [4.78, 5) is 9.25. The second-order valence-electron chi connectivity index (χ2n) is 11.1. The predicted molar refractivity (Wildman–Crippen MR) is 151 cm³/mol. The second-order valence-corrected chi connectivity index (χ2v) is 12.2. The molecule has 14 heteroatoms. The Labute approximate surface area is 246 Å². The molecular weight excluding hydrogens is 573 g/mol. The van der Waals surface area contributed by atoms with Crippen molar-refractivity contribution in [1.82, 2.24) is 30.8 Å². The van der Waals surface area contributed by atoms with Crippen molar-refractivity contribution in [2.45, 2.75) is 81.8 Å². The van der Waals surface area contributed by atoms with Crippen molar-refractivity contribution in [3.8, 4) is 17.6 Å². The van der Waals surface area contributed by atoms with Gasteiger partial charge in [-0.3, -0.25) is 0 Å². The zero-order chi connectivity index (χ0) is 29.9. The number of nitrogens with zero attached hydrogens (tertiary/aromatic N) is 4. The number of nitrogens with one attached hydrogen (secondary N) is 2. The molecule has 2 aliphatic rings. The van der Waals surface area contributed by atoms with E-state index in [-0.39, 0.29) is 29.5 Å². The average Bonchev–Trinajstić information content (AvgIpc) is 3.55. The molecule has 0 spiro atoms. The largest absolute Gasteiger partial charge is 0.491 e. The van der Waals surface area contributed by atoms with Crippen LogP contribution in [0.3, 0.4) is 0 Å². The molecule has 0 saturated heterocycles. The third-order valence-electron chi connectivity index (χ3n) is 8.24. The summed E-state index contributed by atoms with van der Waals surface area (Å²) < 4.78 is 54.6. The molecular formula is C28H37F3N6O4S. The van der Waals surface area contributed by atoms with Crippen molar-refractivity contribution >= 4 is 21.6 Å². The monoisotopic (exact) mass is 610 g/mol. The van der Waals surface area contributed by atoms with Gasteiger partial charge in [-0.05, 0) is 57.1 Å². The molecule has 2 fully saturated rings. The summed E-state index contributed by atoms with van der Waals surface area (Å²) in [6.45, 7) is 1.17. The molecule has 10 nitrogen and oxygen atoms in total. The summed E-state index contributed by atoms with van der Waals surface area (Å²) >= 11 is 0.993. The van der Waals surface area contributed by atoms with Crippen LogP contribution in [0.2, 0.25) is 0 Å². The lowest BCUT2D eigenvalue weighted by atomic mass is 9.80. The summed E-state index contributed by atoms with van der Waals surface area (Å²) in [5.41, 5.74) is 1.49. The average molecular weight is 611 g/mol. The molecule has 0 radical (unpaired) electrons. The van der Waals surface area contributed by atoms with E-state index in [1.165, 1.54) is 13.2 Å². The number of aromatic nitrogens is 4. The molecule has 3 heterocycles. The van der Waals surface area contributed by atoms with Crippen molar-refractivity contribution in [3.05, 3.63) is 28.4 Å². The fraction of sp³-hybridized carbons (Fsp3) is 0.643. The van der Waals surface area contributed by atoms with Gasteiger partial charge in [0.25, 0.3) is 5.88 Å². The molecule has 42 heavy (non-hydrogen) atoms. The van der Waals surface area contributed by atoms with Gasteiger partial charge in [-0.15, -0.1) is 16.4 Å². The van der Waals surface area contributed by atoms with Crippen LogP contribution in [0.4, 0.5) is 13.2 Å². The van der Waals surface area contributed by atoms with Gasteiger partial charge in [0.2, 0.25) is 0 Å². The van der Waals surface area contributed by atoms with Gasteiger partial charge in [-0.25, -0.2) is 0 Å². The first kappa shape index (κ1) is 30.6. The molecule has 3 atom stereocenters. The number of methoxy groups -OCH3 is 3. The van der Waals surface area contributed by atoms with Gasteiger partial charge in [0.1, 0.15) is 4.83 Å². The van der Waals surface area contributed by atoms with Crippen molar-refractivity contribution in [2.24, 2.45) is 5.92 Å². The molecule has 0 amide bonds. The van der Waals surface area contributed by atoms with Crippen LogP contribution >= 0.6 is 11.3 Å². The highest BCUT2D eigenvalue weighted by atomic mass is 32.1. The number of fused-ring (bicyclic) bond motifs is 1. The van der Waals surface area contributed by atoms with Gasteiger partial charge < -0.3 is 30.0 Å². The molecule has 0 bridgehead atoms. The van der Waals surface area contributed by atoms with Gasteiger partial charge in [-0.2, -0.15) is 28.2 Å². The Morgan fingerprint density at radius 3 is 2.45 bits per heavy atom. The summed E-state index contributed by atoms with van der Waals surface area (Å²) in [7, 11) is 4.57. The maximum atomic E-state index is 13.0. The Balaban J connectivity index is 1.11. The van der Waals surface area contributed by atoms with Crippen LogP contribution in [-0.4, -0.2) is 77.5 Å². The van der Waals surface area contributed by atoms with E-state index in [1.54, 1.807) is 14.2 Å². The van der Waals surface area contributed by atoms with E-state index >= 15 is 0 Å². The van der Waals surface area contributed by atoms with Gasteiger partial charge in [0.15, 0.2) is 5.75 Å². The second kappa shape index (κ2) is 13.2. The summed E-state index contributed by atoms with van der Waals surface area (Å²) in [5, 5.41) is 26.8. The fourth-order valence-electron chi connectivity index (χ4n) is 6.01. The molecule has 3 aromatic heterocycles. The first-order valence-electron chi connectivity index (χ1n) is 14.2. The number of hydrogen-bond donors (Lipinski definition) is 3. The lowest BCUT2D eigenvalue weighted by Crippen LogP contribution is -2.36. The van der Waals surface area contributed by atoms with Gasteiger partial charge in [0.05, 0.1) is 45.2 Å². The Morgan fingerprint density at radius 2 is 1.76 bits per heavy atom. The first-order chi connectivity index (χ1) is 20.1. The van der Waals surface area contributed by atoms with Gasteiger partial charge in [-0.1, -0.05) is 0 Å². The minimum atomic E-state index is -4.30. The van der Waals surface area contributed by atoms with Crippen LogP contribution in [0.25, 0.3) is 10.2 Å². The number of rotatable bonds is 11. The maximum Gasteiger partial charge on any atom is 0.393 e. The third kappa shape index (κ3) is 7.39. The number of thiophene rings is 1. The minimum Gasteiger partial charge on any atom is -0.491 e. The maximum absolute atomic E-state index is 13.0. The molecule has 2 saturated carbocycles. The van der Waals surface area contributed by atoms with Crippen molar-refractivity contribution in [3.63, 3.8) is 0 Å². The number of alkyl halides is 3. The number of aliphatic hydroxyl groups excluding tert-OH is 1. The van der Waals surface area contributed by atoms with Crippen LogP contribution in [0.5, 0.6) is 17.6 Å². The van der Waals surface area contributed by atoms with Crippen molar-refractivity contribution < 1.29 is 32.5 Å². The number of ether oxygens (including phenoxy) is 3. The van der Waals surface area contributed by atoms with Crippen LogP contribution < -0.4 is 24.8 Å². The highest BCUT2D eigenvalue weighted by Crippen LogP contribution is 2.37. The van der Waals surface area contributed by atoms with Crippen LogP contribution in [0.1, 0.15) is 60.7 Å². The van der Waals surface area contributed by atoms with Crippen LogP contribution in [0.15, 0.2) is 12.1 Å². The van der Waals surface area contributed by atoms with Gasteiger partial charge >= 0.3 is 12.2 Å². The van der Waals surface area contributed by atoms with E-state index < -0.39 is 18.7 Å². The molecule has 3 aromatic rings. The number of hydrogen-bond acceptors (Lipinski definition) is 11. The van der Waals surface area contributed by atoms with Crippen molar-refractivity contribution in [2.75, 3.05) is 27.9 Å². The molecule has 2 aliphatic carbocycles. The van der Waals surface area contributed by atoms with E-state index in [9.17, 15) is 18.3 Å². The third-order valence-corrected chi connectivity index (χ3v) is 9.27. The normalized spacial score (nSPS) is 24.7. The summed E-state index contributed by atoms with van der Waals surface area (Å²) in [5.74, 6) is 1.87. The Kier molecular flexibility index (Phi) is 9.65. The molecule has 0 aromatic carbocycles. The predicted octanol–water partition coefficient (Wildman–Crippen LogP) is 4.16. The minimum absolute atomic E-state index is 0.110. The Hall–Kier alpha value is -2.81. The zero-order valence-electron chi connectivity index (χ0n) is 23.9. The molecule has 0 aliphatic heterocycles. The fourth-order valence-corrected chi connectivity index (χ4v) is 7.08. The van der Waals surface area contributed by atoms with E-state index in [0.29, 0.717) is 45.8 Å². The molecule has 5 rings (SSSR count). The lowest BCUT2D eigenvalue weighted by Gasteiger charge is -2.29. The lowest BCUT2D eigenvalue weighted by molar-refractivity contribution is -0.126. The SMILES string of the molecule is COc1nc(CN[C@H]2C[C@@H](NCC3CCC(c4cc(OC)c(OC)nn4)CC3)C[C@H]2O)c2cc(CC(F)(F)F)sc2n1. The smallest absolute Gasteiger partial charge is 0.393 e. The van der Waals surface area contributed by atoms with Crippen LogP contribution in [-0.2, 0) is 13.0 Å². The Bertz CT molecular complexity index is 1350. The molecule has 0 unspecified atom stereocenters. The van der Waals surface area contributed by atoms with E-state index in [2.05, 4.69) is 30.8 Å². The Morgan fingerprint density at radius 1 is 0.976 bits per heavy atom. The summed E-state index contributed by atoms with van der Waals surface area (Å²) in [6, 6.07) is 3.55. The van der Waals surface area contributed by atoms with E-state index in [0.717, 1.165) is 55.7 Å². The summed E-state index contributed by atoms with van der Waals surface area (Å²) in [6.07, 6.45) is -0.271. The molecule has 230 valence electrons. The first-order valence-corrected chi connectivity index (χ1v) is 15.0. The number of aliphatic hydroxyl groups is 1. The van der Waals surface area contributed by atoms with E-state index in [4.69, 9.17) is 14.2 Å². The topological polar surface area (TPSA) is 124 Å². The van der Waals surface area contributed by atoms with Crippen LogP contribution in [0, 0.1) is 5.92 Å².